The summed E-state index contributed by atoms with van der Waals surface area (Å²) in [4.78, 5) is 20.1. The van der Waals surface area contributed by atoms with E-state index in [4.69, 9.17) is 5.73 Å². The zero-order valence-corrected chi connectivity index (χ0v) is 13.7. The number of hydrogen-bond donors (Lipinski definition) is 4. The number of carbonyl (C=O) groups is 1. The summed E-state index contributed by atoms with van der Waals surface area (Å²) in [6, 6.07) is 15.1. The molecule has 1 amide bonds. The third-order valence-electron chi connectivity index (χ3n) is 3.52. The number of nitrogens with one attached hydrogen (secondary N) is 3. The third kappa shape index (κ3) is 4.44. The first-order chi connectivity index (χ1) is 12.6. The summed E-state index contributed by atoms with van der Waals surface area (Å²) >= 11 is 0. The second kappa shape index (κ2) is 7.93. The molecule has 132 valence electrons. The largest absolute Gasteiger partial charge is 0.393 e. The van der Waals surface area contributed by atoms with Crippen LogP contribution in [0.1, 0.15) is 5.56 Å². The molecule has 3 rings (SSSR count). The average molecular weight is 352 g/mol. The Morgan fingerprint density at radius 2 is 1.69 bits per heavy atom. The van der Waals surface area contributed by atoms with Crippen LogP contribution in [0, 0.1) is 5.82 Å². The van der Waals surface area contributed by atoms with Crippen LogP contribution in [0.25, 0.3) is 0 Å². The Bertz CT molecular complexity index is 886. The Kier molecular flexibility index (Phi) is 5.23. The van der Waals surface area contributed by atoms with E-state index < -0.39 is 0 Å². The van der Waals surface area contributed by atoms with Gasteiger partial charge in [0.05, 0.1) is 6.42 Å². The van der Waals surface area contributed by atoms with E-state index >= 15 is 0 Å². The van der Waals surface area contributed by atoms with Crippen LogP contribution < -0.4 is 21.9 Å². The van der Waals surface area contributed by atoms with Gasteiger partial charge in [0.1, 0.15) is 17.8 Å². The Morgan fingerprint density at radius 1 is 1.00 bits per heavy atom. The minimum Gasteiger partial charge on any atom is -0.393 e. The number of benzene rings is 2. The van der Waals surface area contributed by atoms with Crippen LogP contribution in [0.15, 0.2) is 60.9 Å². The molecule has 0 aliphatic carbocycles. The quantitative estimate of drug-likeness (QED) is 0.508. The number of amides is 1. The normalized spacial score (nSPS) is 10.2. The minimum atomic E-state index is -0.338. The van der Waals surface area contributed by atoms with Gasteiger partial charge in [-0.25, -0.2) is 14.4 Å². The minimum absolute atomic E-state index is 0.219. The van der Waals surface area contributed by atoms with E-state index in [1.54, 1.807) is 12.1 Å². The van der Waals surface area contributed by atoms with Crippen molar-refractivity contribution in [2.45, 2.75) is 6.42 Å². The van der Waals surface area contributed by atoms with Gasteiger partial charge in [-0.15, -0.1) is 0 Å². The molecule has 0 atom stereocenters. The van der Waals surface area contributed by atoms with Crippen molar-refractivity contribution in [3.05, 3.63) is 72.3 Å². The first-order valence-corrected chi connectivity index (χ1v) is 7.83. The van der Waals surface area contributed by atoms with E-state index in [1.165, 1.54) is 18.5 Å². The highest BCUT2D eigenvalue weighted by molar-refractivity contribution is 5.82. The van der Waals surface area contributed by atoms with Gasteiger partial charge in [-0.05, 0) is 29.8 Å². The summed E-state index contributed by atoms with van der Waals surface area (Å²) in [6.07, 6.45) is 1.52. The van der Waals surface area contributed by atoms with Crippen LogP contribution >= 0.6 is 0 Å². The fourth-order valence-corrected chi connectivity index (χ4v) is 2.22. The zero-order valence-electron chi connectivity index (χ0n) is 13.7. The lowest BCUT2D eigenvalue weighted by atomic mass is 10.1. The van der Waals surface area contributed by atoms with Crippen LogP contribution in [-0.4, -0.2) is 15.9 Å². The van der Waals surface area contributed by atoms with Crippen LogP contribution in [0.3, 0.4) is 0 Å². The van der Waals surface area contributed by atoms with Crippen molar-refractivity contribution in [1.82, 2.24) is 15.4 Å². The monoisotopic (exact) mass is 352 g/mol. The molecule has 1 aromatic heterocycles. The Labute approximate surface area is 149 Å². The molecule has 0 bridgehead atoms. The number of carbonyl (C=O) groups excluding carboxylic acids is 1. The first-order valence-electron chi connectivity index (χ1n) is 7.83. The van der Waals surface area contributed by atoms with Crippen molar-refractivity contribution in [1.29, 1.82) is 0 Å². The van der Waals surface area contributed by atoms with E-state index in [2.05, 4.69) is 26.1 Å². The third-order valence-corrected chi connectivity index (χ3v) is 3.52. The second-order valence-corrected chi connectivity index (χ2v) is 5.45. The van der Waals surface area contributed by atoms with Crippen molar-refractivity contribution in [2.75, 3.05) is 16.5 Å². The van der Waals surface area contributed by atoms with Gasteiger partial charge in [0, 0.05) is 5.69 Å². The van der Waals surface area contributed by atoms with Gasteiger partial charge in [0.15, 0.2) is 11.6 Å². The van der Waals surface area contributed by atoms with Gasteiger partial charge < -0.3 is 11.1 Å². The molecule has 3 aromatic rings. The SMILES string of the molecule is Nc1c(NNC(=O)Cc2ccccc2)ncnc1Nc1ccc(F)cc1. The number of halogens is 1. The van der Waals surface area contributed by atoms with Crippen molar-refractivity contribution < 1.29 is 9.18 Å². The Balaban J connectivity index is 1.63. The van der Waals surface area contributed by atoms with Crippen LogP contribution in [0.5, 0.6) is 0 Å². The fourth-order valence-electron chi connectivity index (χ4n) is 2.22. The second-order valence-electron chi connectivity index (χ2n) is 5.45. The van der Waals surface area contributed by atoms with Crippen molar-refractivity contribution in [2.24, 2.45) is 0 Å². The summed E-state index contributed by atoms with van der Waals surface area (Å²) < 4.78 is 13.0. The standard InChI is InChI=1S/C18H17FN6O/c19-13-6-8-14(9-7-13)23-17-16(20)18(22-11-21-17)25-24-15(26)10-12-4-2-1-3-5-12/h1-9,11H,10,20H2,(H,24,26)(H2,21,22,23,25). The molecule has 0 saturated heterocycles. The number of nitrogen functional groups attached to an aromatic ring is 1. The van der Waals surface area contributed by atoms with Gasteiger partial charge in [-0.2, -0.15) is 0 Å². The maximum Gasteiger partial charge on any atom is 0.242 e. The lowest BCUT2D eigenvalue weighted by molar-refractivity contribution is -0.119. The Morgan fingerprint density at radius 3 is 2.42 bits per heavy atom. The van der Waals surface area contributed by atoms with Gasteiger partial charge in [0.2, 0.25) is 5.91 Å². The summed E-state index contributed by atoms with van der Waals surface area (Å²) in [6.45, 7) is 0. The van der Waals surface area contributed by atoms with Crippen molar-refractivity contribution >= 4 is 28.9 Å². The molecule has 7 nitrogen and oxygen atoms in total. The molecular weight excluding hydrogens is 335 g/mol. The summed E-state index contributed by atoms with van der Waals surface area (Å²) in [7, 11) is 0. The number of hydrazine groups is 1. The molecular formula is C18H17FN6O. The number of nitrogens with two attached hydrogens (primary N) is 1. The van der Waals surface area contributed by atoms with Crippen LogP contribution in [0.2, 0.25) is 0 Å². The highest BCUT2D eigenvalue weighted by Crippen LogP contribution is 2.25. The molecule has 8 heteroatoms. The predicted molar refractivity (Wildman–Crippen MR) is 98.0 cm³/mol. The van der Waals surface area contributed by atoms with E-state index in [1.807, 2.05) is 30.3 Å². The molecule has 0 unspecified atom stereocenters. The molecule has 0 spiro atoms. The zero-order chi connectivity index (χ0) is 18.4. The van der Waals surface area contributed by atoms with Crippen LogP contribution in [0.4, 0.5) is 27.4 Å². The molecule has 0 aliphatic heterocycles. The first kappa shape index (κ1) is 17.2. The lowest BCUT2D eigenvalue weighted by Crippen LogP contribution is -2.31. The molecule has 26 heavy (non-hydrogen) atoms. The number of nitrogens with zero attached hydrogens (tertiary/aromatic N) is 2. The molecule has 0 saturated carbocycles. The van der Waals surface area contributed by atoms with E-state index in [-0.39, 0.29) is 29.7 Å². The molecule has 5 N–H and O–H groups in total. The highest BCUT2D eigenvalue weighted by atomic mass is 19.1. The van der Waals surface area contributed by atoms with Gasteiger partial charge in [-0.1, -0.05) is 30.3 Å². The topological polar surface area (TPSA) is 105 Å². The summed E-state index contributed by atoms with van der Waals surface area (Å²) in [5.74, 6) is 0.0226. The maximum absolute atomic E-state index is 13.0. The Hall–Kier alpha value is -3.68. The molecule has 0 radical (unpaired) electrons. The van der Waals surface area contributed by atoms with Gasteiger partial charge >= 0.3 is 0 Å². The number of aromatic nitrogens is 2. The van der Waals surface area contributed by atoms with E-state index in [0.29, 0.717) is 11.5 Å². The predicted octanol–water partition coefficient (Wildman–Crippen LogP) is 2.63. The smallest absolute Gasteiger partial charge is 0.242 e. The fraction of sp³-hybridized carbons (Fsp3) is 0.0556. The molecule has 2 aromatic carbocycles. The van der Waals surface area contributed by atoms with Gasteiger partial charge in [-0.3, -0.25) is 15.6 Å². The number of rotatable bonds is 6. The van der Waals surface area contributed by atoms with Crippen LogP contribution in [-0.2, 0) is 11.2 Å². The highest BCUT2D eigenvalue weighted by Gasteiger charge is 2.10. The molecule has 1 heterocycles. The van der Waals surface area contributed by atoms with Crippen molar-refractivity contribution in [3.63, 3.8) is 0 Å². The number of anilines is 4. The van der Waals surface area contributed by atoms with E-state index in [9.17, 15) is 9.18 Å². The maximum atomic E-state index is 13.0. The van der Waals surface area contributed by atoms with Gasteiger partial charge in [0.25, 0.3) is 0 Å². The number of hydrogen-bond acceptors (Lipinski definition) is 6. The van der Waals surface area contributed by atoms with Crippen molar-refractivity contribution in [3.8, 4) is 0 Å². The summed E-state index contributed by atoms with van der Waals surface area (Å²) in [5.41, 5.74) is 13.0. The molecule has 0 fully saturated rings. The average Bonchev–Trinajstić information content (AvgIpc) is 2.65. The lowest BCUT2D eigenvalue weighted by Gasteiger charge is -2.13. The summed E-state index contributed by atoms with van der Waals surface area (Å²) in [5, 5.41) is 2.97. The molecule has 0 aliphatic rings. The van der Waals surface area contributed by atoms with E-state index in [0.717, 1.165) is 5.56 Å².